The van der Waals surface area contributed by atoms with Crippen molar-refractivity contribution in [2.75, 3.05) is 14.2 Å². The van der Waals surface area contributed by atoms with Crippen LogP contribution in [-0.4, -0.2) is 37.7 Å². The Labute approximate surface area is 106 Å². The topological polar surface area (TPSA) is 86.7 Å². The second kappa shape index (κ2) is 9.32. The molecular weight excluding hydrogens is 240 g/mol. The molecule has 0 saturated carbocycles. The minimum atomic E-state index is -0.444. The van der Waals surface area contributed by atoms with Gasteiger partial charge in [0.2, 0.25) is 0 Å². The molecule has 0 aromatic carbocycles. The number of hydrogen-bond acceptors (Lipinski definition) is 6. The summed E-state index contributed by atoms with van der Waals surface area (Å²) in [5, 5.41) is 0. The Balaban J connectivity index is 3.68. The molecule has 0 aromatic rings. The lowest BCUT2D eigenvalue weighted by molar-refractivity contribution is -0.142. The largest absolute Gasteiger partial charge is 0.469 e. The minimum absolute atomic E-state index is 0.0334. The Morgan fingerprint density at radius 1 is 0.611 bits per heavy atom. The van der Waals surface area contributed by atoms with Crippen molar-refractivity contribution in [2.45, 2.75) is 38.5 Å². The smallest absolute Gasteiger partial charge is 0.305 e. The molecule has 0 aliphatic rings. The van der Waals surface area contributed by atoms with E-state index in [2.05, 4.69) is 9.47 Å². The molecule has 0 amide bonds. The Morgan fingerprint density at radius 2 is 0.889 bits per heavy atom. The standard InChI is InChI=1S/C12H18O6/c1-17-11(15)7-5-9(13)3-4-10(14)6-8-12(16)18-2/h3-8H2,1-2H3. The number of Topliss-reactive ketones (excluding diaryl/α,β-unsaturated/α-hetero) is 2. The number of rotatable bonds is 9. The molecule has 0 bridgehead atoms. The summed E-state index contributed by atoms with van der Waals surface area (Å²) in [7, 11) is 2.51. The lowest BCUT2D eigenvalue weighted by Crippen LogP contribution is -2.09. The lowest BCUT2D eigenvalue weighted by Gasteiger charge is -2.01. The summed E-state index contributed by atoms with van der Waals surface area (Å²) in [6, 6.07) is 0. The molecule has 0 unspecified atom stereocenters. The van der Waals surface area contributed by atoms with Crippen molar-refractivity contribution in [3.63, 3.8) is 0 Å². The molecule has 102 valence electrons. The first kappa shape index (κ1) is 16.3. The van der Waals surface area contributed by atoms with E-state index in [0.717, 1.165) is 0 Å². The maximum absolute atomic E-state index is 11.3. The monoisotopic (exact) mass is 258 g/mol. The van der Waals surface area contributed by atoms with E-state index in [0.29, 0.717) is 0 Å². The van der Waals surface area contributed by atoms with Gasteiger partial charge in [0.1, 0.15) is 11.6 Å². The predicted molar refractivity (Wildman–Crippen MR) is 61.7 cm³/mol. The van der Waals surface area contributed by atoms with E-state index < -0.39 is 11.9 Å². The molecule has 0 aliphatic carbocycles. The molecule has 0 radical (unpaired) electrons. The maximum Gasteiger partial charge on any atom is 0.305 e. The lowest BCUT2D eigenvalue weighted by atomic mass is 10.1. The number of hydrogen-bond donors (Lipinski definition) is 0. The van der Waals surface area contributed by atoms with Crippen molar-refractivity contribution < 1.29 is 28.7 Å². The van der Waals surface area contributed by atoms with Crippen LogP contribution >= 0.6 is 0 Å². The van der Waals surface area contributed by atoms with E-state index in [1.807, 2.05) is 0 Å². The Kier molecular flexibility index (Phi) is 8.43. The summed E-state index contributed by atoms with van der Waals surface area (Å²) < 4.78 is 8.79. The summed E-state index contributed by atoms with van der Waals surface area (Å²) in [6.07, 6.45) is 0.416. The van der Waals surface area contributed by atoms with E-state index in [1.165, 1.54) is 14.2 Å². The fraction of sp³-hybridized carbons (Fsp3) is 0.667. The van der Waals surface area contributed by atoms with Crippen LogP contribution in [0.15, 0.2) is 0 Å². The predicted octanol–water partition coefficient (Wildman–Crippen LogP) is 0.811. The van der Waals surface area contributed by atoms with E-state index in [-0.39, 0.29) is 50.1 Å². The Bertz CT molecular complexity index is 289. The van der Waals surface area contributed by atoms with Gasteiger partial charge in [-0.25, -0.2) is 0 Å². The summed E-state index contributed by atoms with van der Waals surface area (Å²) in [5.74, 6) is -1.21. The zero-order valence-electron chi connectivity index (χ0n) is 10.7. The van der Waals surface area contributed by atoms with Crippen LogP contribution in [0.5, 0.6) is 0 Å². The summed E-state index contributed by atoms with van der Waals surface area (Å²) >= 11 is 0. The number of ketones is 2. The average Bonchev–Trinajstić information content (AvgIpc) is 2.39. The van der Waals surface area contributed by atoms with E-state index in [9.17, 15) is 19.2 Å². The van der Waals surface area contributed by atoms with Crippen molar-refractivity contribution in [1.29, 1.82) is 0 Å². The van der Waals surface area contributed by atoms with E-state index in [1.54, 1.807) is 0 Å². The first-order valence-corrected chi connectivity index (χ1v) is 5.66. The van der Waals surface area contributed by atoms with Gasteiger partial charge < -0.3 is 9.47 Å². The molecular formula is C12H18O6. The number of methoxy groups -OCH3 is 2. The van der Waals surface area contributed by atoms with Gasteiger partial charge in [0.05, 0.1) is 27.1 Å². The van der Waals surface area contributed by atoms with Crippen LogP contribution in [0.3, 0.4) is 0 Å². The fourth-order valence-corrected chi connectivity index (χ4v) is 1.22. The third-order valence-corrected chi connectivity index (χ3v) is 2.35. The summed E-state index contributed by atoms with van der Waals surface area (Å²) in [6.45, 7) is 0. The fourth-order valence-electron chi connectivity index (χ4n) is 1.22. The quantitative estimate of drug-likeness (QED) is 0.569. The molecule has 0 rings (SSSR count). The van der Waals surface area contributed by atoms with Gasteiger partial charge in [-0.3, -0.25) is 19.2 Å². The zero-order chi connectivity index (χ0) is 14.0. The van der Waals surface area contributed by atoms with Crippen LogP contribution in [-0.2, 0) is 28.7 Å². The molecule has 6 nitrogen and oxygen atoms in total. The van der Waals surface area contributed by atoms with Crippen LogP contribution < -0.4 is 0 Å². The van der Waals surface area contributed by atoms with Crippen molar-refractivity contribution >= 4 is 23.5 Å². The van der Waals surface area contributed by atoms with Crippen LogP contribution in [0.1, 0.15) is 38.5 Å². The van der Waals surface area contributed by atoms with Gasteiger partial charge in [-0.2, -0.15) is 0 Å². The number of esters is 2. The van der Waals surface area contributed by atoms with Gasteiger partial charge in [-0.05, 0) is 0 Å². The molecule has 0 aliphatic heterocycles. The molecule has 0 fully saturated rings. The summed E-state index contributed by atoms with van der Waals surface area (Å²) in [4.78, 5) is 44.2. The number of ether oxygens (including phenoxy) is 2. The molecule has 0 heterocycles. The van der Waals surface area contributed by atoms with E-state index in [4.69, 9.17) is 0 Å². The molecule has 0 saturated heterocycles. The minimum Gasteiger partial charge on any atom is -0.469 e. The van der Waals surface area contributed by atoms with E-state index >= 15 is 0 Å². The molecule has 18 heavy (non-hydrogen) atoms. The second-order valence-electron chi connectivity index (χ2n) is 3.73. The average molecular weight is 258 g/mol. The molecule has 0 spiro atoms. The third-order valence-electron chi connectivity index (χ3n) is 2.35. The number of carbonyl (C=O) groups is 4. The normalized spacial score (nSPS) is 9.67. The zero-order valence-corrected chi connectivity index (χ0v) is 10.7. The van der Waals surface area contributed by atoms with Gasteiger partial charge in [0, 0.05) is 25.7 Å². The highest BCUT2D eigenvalue weighted by molar-refractivity contribution is 5.88. The molecule has 6 heteroatoms. The van der Waals surface area contributed by atoms with Gasteiger partial charge in [0.25, 0.3) is 0 Å². The van der Waals surface area contributed by atoms with Gasteiger partial charge in [-0.15, -0.1) is 0 Å². The maximum atomic E-state index is 11.3. The van der Waals surface area contributed by atoms with Crippen molar-refractivity contribution in [1.82, 2.24) is 0 Å². The highest BCUT2D eigenvalue weighted by Gasteiger charge is 2.11. The first-order valence-electron chi connectivity index (χ1n) is 5.66. The van der Waals surface area contributed by atoms with Gasteiger partial charge in [0.15, 0.2) is 0 Å². The van der Waals surface area contributed by atoms with Crippen molar-refractivity contribution in [3.05, 3.63) is 0 Å². The molecule has 0 N–H and O–H groups in total. The molecule has 0 aromatic heterocycles. The highest BCUT2D eigenvalue weighted by Crippen LogP contribution is 2.04. The van der Waals surface area contributed by atoms with Crippen LogP contribution in [0, 0.1) is 0 Å². The van der Waals surface area contributed by atoms with Crippen LogP contribution in [0.25, 0.3) is 0 Å². The third kappa shape index (κ3) is 8.43. The highest BCUT2D eigenvalue weighted by atomic mass is 16.5. The number of carbonyl (C=O) groups excluding carboxylic acids is 4. The Hall–Kier alpha value is -1.72. The van der Waals surface area contributed by atoms with Gasteiger partial charge in [-0.1, -0.05) is 0 Å². The SMILES string of the molecule is COC(=O)CCC(=O)CCC(=O)CCC(=O)OC. The van der Waals surface area contributed by atoms with Gasteiger partial charge >= 0.3 is 11.9 Å². The molecule has 0 atom stereocenters. The Morgan fingerprint density at radius 3 is 1.17 bits per heavy atom. The van der Waals surface area contributed by atoms with Crippen molar-refractivity contribution in [3.8, 4) is 0 Å². The van der Waals surface area contributed by atoms with Crippen LogP contribution in [0.2, 0.25) is 0 Å². The van der Waals surface area contributed by atoms with Crippen molar-refractivity contribution in [2.24, 2.45) is 0 Å². The first-order chi connectivity index (χ1) is 8.49. The second-order valence-corrected chi connectivity index (χ2v) is 3.73. The summed E-state index contributed by atoms with van der Waals surface area (Å²) in [5.41, 5.74) is 0. The van der Waals surface area contributed by atoms with Crippen LogP contribution in [0.4, 0.5) is 0 Å².